The molecule has 2 amide bonds. The van der Waals surface area contributed by atoms with Crippen LogP contribution in [0.5, 0.6) is 0 Å². The summed E-state index contributed by atoms with van der Waals surface area (Å²) in [5, 5.41) is 0. The maximum Gasteiger partial charge on any atom is 0.338 e. The van der Waals surface area contributed by atoms with E-state index >= 15 is 0 Å². The zero-order valence-electron chi connectivity index (χ0n) is 4.43. The molecule has 2 N–H and O–H groups in total. The van der Waals surface area contributed by atoms with Gasteiger partial charge in [0.25, 0.3) is 0 Å². The van der Waals surface area contributed by atoms with Crippen molar-refractivity contribution in [1.82, 2.24) is 0 Å². The van der Waals surface area contributed by atoms with Gasteiger partial charge in [-0.1, -0.05) is 0 Å². The molecule has 0 aliphatic heterocycles. The highest BCUT2D eigenvalue weighted by atomic mass is 16.2. The van der Waals surface area contributed by atoms with Gasteiger partial charge in [-0.05, 0) is 13.8 Å². The number of hydrogen-bond donors (Lipinski definition) is 1. The molecule has 0 aliphatic rings. The Bertz CT molecular complexity index is 102. The highest BCUT2D eigenvalue weighted by Crippen LogP contribution is 1.71. The molecule has 0 radical (unpaired) electrons. The van der Waals surface area contributed by atoms with Crippen molar-refractivity contribution in [3.8, 4) is 0 Å². The molecule has 0 aliphatic carbocycles. The first-order valence-corrected chi connectivity index (χ1v) is 1.94. The maximum atomic E-state index is 9.84. The molecule has 0 heterocycles. The third-order valence-electron chi connectivity index (χ3n) is 0.334. The van der Waals surface area contributed by atoms with E-state index in [1.807, 2.05) is 0 Å². The molecule has 0 fully saturated rings. The molecule has 0 atom stereocenters. The zero-order valence-corrected chi connectivity index (χ0v) is 4.43. The van der Waals surface area contributed by atoms with Crippen molar-refractivity contribution in [2.45, 2.75) is 13.8 Å². The molecule has 7 heavy (non-hydrogen) atoms. The topological polar surface area (TPSA) is 55.4 Å². The maximum absolute atomic E-state index is 9.84. The van der Waals surface area contributed by atoms with Crippen molar-refractivity contribution >= 4 is 11.7 Å². The van der Waals surface area contributed by atoms with Crippen LogP contribution in [0, 0.1) is 0 Å². The fraction of sp³-hybridized carbons (Fsp3) is 0.500. The summed E-state index contributed by atoms with van der Waals surface area (Å²) in [6.45, 7) is 3.43. The summed E-state index contributed by atoms with van der Waals surface area (Å²) >= 11 is 0. The van der Waals surface area contributed by atoms with Crippen LogP contribution in [0.15, 0.2) is 4.99 Å². The van der Waals surface area contributed by atoms with Gasteiger partial charge in [-0.15, -0.1) is 0 Å². The second kappa shape index (κ2) is 2.34. The van der Waals surface area contributed by atoms with Gasteiger partial charge in [0.05, 0.1) is 0 Å². The summed E-state index contributed by atoms with van der Waals surface area (Å²) in [7, 11) is 0. The van der Waals surface area contributed by atoms with E-state index in [2.05, 4.69) is 10.7 Å². The molecule has 3 nitrogen and oxygen atoms in total. The quantitative estimate of drug-likeness (QED) is 0.444. The number of amides is 2. The highest BCUT2D eigenvalue weighted by molar-refractivity contribution is 5.91. The van der Waals surface area contributed by atoms with Crippen LogP contribution >= 0.6 is 0 Å². The lowest BCUT2D eigenvalue weighted by molar-refractivity contribution is 0.256. The van der Waals surface area contributed by atoms with Gasteiger partial charge in [0.15, 0.2) is 0 Å². The van der Waals surface area contributed by atoms with Gasteiger partial charge < -0.3 is 5.73 Å². The predicted molar refractivity (Wildman–Crippen MR) is 28.4 cm³/mol. The fourth-order valence-corrected chi connectivity index (χ4v) is 0.220. The Hall–Kier alpha value is -0.860. The van der Waals surface area contributed by atoms with E-state index in [0.717, 1.165) is 0 Å². The van der Waals surface area contributed by atoms with Crippen LogP contribution in [0.25, 0.3) is 0 Å². The third kappa shape index (κ3) is 5.14. The van der Waals surface area contributed by atoms with Crippen molar-refractivity contribution in [2.24, 2.45) is 10.7 Å². The molecule has 3 heteroatoms. The van der Waals surface area contributed by atoms with E-state index < -0.39 is 6.03 Å². The Kier molecular flexibility index (Phi) is 2.05. The average Bonchev–Trinajstić information content (AvgIpc) is 1.27. The Morgan fingerprint density at radius 1 is 1.57 bits per heavy atom. The normalized spacial score (nSPS) is 7.71. The number of urea groups is 1. The monoisotopic (exact) mass is 100 g/mol. The van der Waals surface area contributed by atoms with Crippen molar-refractivity contribution in [3.05, 3.63) is 0 Å². The average molecular weight is 100 g/mol. The van der Waals surface area contributed by atoms with E-state index in [1.54, 1.807) is 13.8 Å². The van der Waals surface area contributed by atoms with E-state index in [4.69, 9.17) is 0 Å². The summed E-state index contributed by atoms with van der Waals surface area (Å²) < 4.78 is 0. The molecule has 0 aromatic rings. The number of carbonyl (C=O) groups is 1. The first-order chi connectivity index (χ1) is 3.13. The summed E-state index contributed by atoms with van der Waals surface area (Å²) in [5.74, 6) is 0. The largest absolute Gasteiger partial charge is 0.350 e. The molecule has 0 spiro atoms. The number of primary amides is 1. The fourth-order valence-electron chi connectivity index (χ4n) is 0.220. The number of carbonyl (C=O) groups excluding carboxylic acids is 1. The predicted octanol–water partition coefficient (Wildman–Crippen LogP) is 0.546. The van der Waals surface area contributed by atoms with Crippen LogP contribution in [-0.4, -0.2) is 11.7 Å². The number of hydrogen-bond acceptors (Lipinski definition) is 1. The van der Waals surface area contributed by atoms with Crippen molar-refractivity contribution < 1.29 is 4.79 Å². The lowest BCUT2D eigenvalue weighted by Crippen LogP contribution is -2.05. The summed E-state index contributed by atoms with van der Waals surface area (Å²) in [5.41, 5.74) is 5.35. The van der Waals surface area contributed by atoms with Gasteiger partial charge in [-0.3, -0.25) is 0 Å². The molecule has 0 unspecified atom stereocenters. The van der Waals surface area contributed by atoms with Crippen molar-refractivity contribution in [1.29, 1.82) is 0 Å². The standard InChI is InChI=1S/C4H8N2O/c1-3(2)6-4(5)7/h1-2H3,(H2,5,7). The SMILES string of the molecule is CC(C)=NC(N)=O. The van der Waals surface area contributed by atoms with Gasteiger partial charge >= 0.3 is 6.03 Å². The summed E-state index contributed by atoms with van der Waals surface area (Å²) in [4.78, 5) is 13.2. The molecule has 0 rings (SSSR count). The second-order valence-electron chi connectivity index (χ2n) is 1.40. The first kappa shape index (κ1) is 6.14. The van der Waals surface area contributed by atoms with E-state index in [-0.39, 0.29) is 0 Å². The molecular weight excluding hydrogens is 92.1 g/mol. The molecular formula is C4H8N2O. The van der Waals surface area contributed by atoms with Crippen molar-refractivity contribution in [2.75, 3.05) is 0 Å². The minimum absolute atomic E-state index is 0.625. The highest BCUT2D eigenvalue weighted by Gasteiger charge is 1.81. The zero-order chi connectivity index (χ0) is 5.86. The number of nitrogens with zero attached hydrogens (tertiary/aromatic N) is 1. The Labute approximate surface area is 42.2 Å². The van der Waals surface area contributed by atoms with Crippen molar-refractivity contribution in [3.63, 3.8) is 0 Å². The molecule has 0 aromatic carbocycles. The van der Waals surface area contributed by atoms with E-state index in [0.29, 0.717) is 5.71 Å². The van der Waals surface area contributed by atoms with Gasteiger partial charge in [0.1, 0.15) is 0 Å². The van der Waals surface area contributed by atoms with Gasteiger partial charge in [-0.2, -0.15) is 0 Å². The minimum Gasteiger partial charge on any atom is -0.350 e. The smallest absolute Gasteiger partial charge is 0.338 e. The number of nitrogens with two attached hydrogens (primary N) is 1. The molecule has 40 valence electrons. The Morgan fingerprint density at radius 2 is 2.00 bits per heavy atom. The first-order valence-electron chi connectivity index (χ1n) is 1.94. The third-order valence-corrected chi connectivity index (χ3v) is 0.334. The van der Waals surface area contributed by atoms with E-state index in [9.17, 15) is 4.79 Å². The van der Waals surface area contributed by atoms with Crippen LogP contribution in [-0.2, 0) is 0 Å². The lowest BCUT2D eigenvalue weighted by atomic mass is 10.5. The van der Waals surface area contributed by atoms with Gasteiger partial charge in [0.2, 0.25) is 0 Å². The summed E-state index contributed by atoms with van der Waals surface area (Å²) in [6.07, 6.45) is 0. The van der Waals surface area contributed by atoms with Gasteiger partial charge in [0, 0.05) is 5.71 Å². The van der Waals surface area contributed by atoms with Crippen LogP contribution in [0.2, 0.25) is 0 Å². The Balaban J connectivity index is 3.68. The molecule has 0 bridgehead atoms. The van der Waals surface area contributed by atoms with Gasteiger partial charge in [-0.25, -0.2) is 9.79 Å². The van der Waals surface area contributed by atoms with Crippen LogP contribution < -0.4 is 5.73 Å². The Morgan fingerprint density at radius 3 is 2.00 bits per heavy atom. The summed E-state index contributed by atoms with van der Waals surface area (Å²) in [6, 6.07) is -0.625. The second-order valence-corrected chi connectivity index (χ2v) is 1.40. The molecule has 0 saturated carbocycles. The molecule has 0 aromatic heterocycles. The van der Waals surface area contributed by atoms with Crippen LogP contribution in [0.4, 0.5) is 4.79 Å². The molecule has 0 saturated heterocycles. The van der Waals surface area contributed by atoms with Crippen LogP contribution in [0.3, 0.4) is 0 Å². The minimum atomic E-state index is -0.625. The van der Waals surface area contributed by atoms with E-state index in [1.165, 1.54) is 0 Å². The number of rotatable bonds is 0. The van der Waals surface area contributed by atoms with Crippen LogP contribution in [0.1, 0.15) is 13.8 Å². The number of aliphatic imine (C=N–C) groups is 1. The lowest BCUT2D eigenvalue weighted by Gasteiger charge is -1.80.